The van der Waals surface area contributed by atoms with E-state index in [1.165, 1.54) is 141 Å². The molecule has 0 aliphatic rings. The van der Waals surface area contributed by atoms with Gasteiger partial charge in [0, 0.05) is 11.6 Å². The van der Waals surface area contributed by atoms with E-state index in [4.69, 9.17) is 11.6 Å². The van der Waals surface area contributed by atoms with Crippen molar-refractivity contribution >= 4 is 11.6 Å². The third-order valence-corrected chi connectivity index (χ3v) is 8.09. The van der Waals surface area contributed by atoms with E-state index in [1.807, 2.05) is 24.3 Å². The van der Waals surface area contributed by atoms with Gasteiger partial charge in [-0.05, 0) is 43.6 Å². The summed E-state index contributed by atoms with van der Waals surface area (Å²) in [4.78, 5) is 2.51. The van der Waals surface area contributed by atoms with Crippen molar-refractivity contribution in [3.63, 3.8) is 0 Å². The molecule has 3 heteroatoms. The SMILES string of the molecule is CCCCCCCCCCCCCN(CCCCCCCCCCCCC)C[C@@H](O)c1ccc(Cl)cc1. The lowest BCUT2D eigenvalue weighted by Crippen LogP contribution is -2.31. The summed E-state index contributed by atoms with van der Waals surface area (Å²) in [6.07, 6.45) is 29.9. The molecular weight excluding hydrogens is 474 g/mol. The minimum Gasteiger partial charge on any atom is -0.387 e. The normalized spacial score (nSPS) is 12.5. The largest absolute Gasteiger partial charge is 0.387 e. The molecule has 1 atom stereocenters. The molecule has 1 aromatic rings. The van der Waals surface area contributed by atoms with Crippen molar-refractivity contribution in [2.24, 2.45) is 0 Å². The van der Waals surface area contributed by atoms with Crippen LogP contribution in [0, 0.1) is 0 Å². The van der Waals surface area contributed by atoms with E-state index < -0.39 is 6.10 Å². The molecule has 0 aliphatic carbocycles. The Bertz CT molecular complexity index is 564. The first-order chi connectivity index (χ1) is 18.2. The van der Waals surface area contributed by atoms with Gasteiger partial charge in [-0.2, -0.15) is 0 Å². The molecule has 1 aromatic carbocycles. The zero-order chi connectivity index (χ0) is 26.8. The van der Waals surface area contributed by atoms with E-state index in [0.29, 0.717) is 0 Å². The van der Waals surface area contributed by atoms with Crippen molar-refractivity contribution in [1.82, 2.24) is 4.90 Å². The monoisotopic (exact) mass is 535 g/mol. The third-order valence-electron chi connectivity index (χ3n) is 7.84. The summed E-state index contributed by atoms with van der Waals surface area (Å²) in [5.74, 6) is 0. The van der Waals surface area contributed by atoms with Crippen LogP contribution in [0.2, 0.25) is 5.02 Å². The summed E-state index contributed by atoms with van der Waals surface area (Å²) in [5.41, 5.74) is 0.979. The minimum atomic E-state index is -0.433. The zero-order valence-corrected chi connectivity index (χ0v) is 25.6. The fraction of sp³-hybridized carbons (Fsp3) is 0.824. The Balaban J connectivity index is 2.22. The molecule has 0 aliphatic heterocycles. The molecule has 216 valence electrons. The van der Waals surface area contributed by atoms with Gasteiger partial charge in [-0.25, -0.2) is 0 Å². The highest BCUT2D eigenvalue weighted by Crippen LogP contribution is 2.19. The number of aliphatic hydroxyl groups excluding tert-OH is 1. The molecule has 0 aromatic heterocycles. The molecule has 0 unspecified atom stereocenters. The van der Waals surface area contributed by atoms with Crippen molar-refractivity contribution in [3.05, 3.63) is 34.9 Å². The quantitative estimate of drug-likeness (QED) is 0.113. The Kier molecular flexibility index (Phi) is 23.9. The van der Waals surface area contributed by atoms with Crippen molar-refractivity contribution in [2.45, 2.75) is 161 Å². The van der Waals surface area contributed by atoms with E-state index in [2.05, 4.69) is 18.7 Å². The summed E-state index contributed by atoms with van der Waals surface area (Å²) in [7, 11) is 0. The summed E-state index contributed by atoms with van der Waals surface area (Å²) >= 11 is 6.05. The maximum Gasteiger partial charge on any atom is 0.0916 e. The van der Waals surface area contributed by atoms with Crippen LogP contribution in [0.15, 0.2) is 24.3 Å². The lowest BCUT2D eigenvalue weighted by atomic mass is 10.0. The van der Waals surface area contributed by atoms with Gasteiger partial charge in [0.15, 0.2) is 0 Å². The van der Waals surface area contributed by atoms with Crippen LogP contribution in [0.3, 0.4) is 0 Å². The topological polar surface area (TPSA) is 23.5 Å². The zero-order valence-electron chi connectivity index (χ0n) is 24.8. The molecule has 37 heavy (non-hydrogen) atoms. The van der Waals surface area contributed by atoms with Gasteiger partial charge in [0.2, 0.25) is 0 Å². The van der Waals surface area contributed by atoms with Crippen LogP contribution in [-0.2, 0) is 0 Å². The Hall–Kier alpha value is -0.570. The number of halogens is 1. The van der Waals surface area contributed by atoms with Crippen LogP contribution in [-0.4, -0.2) is 29.6 Å². The van der Waals surface area contributed by atoms with Gasteiger partial charge in [0.25, 0.3) is 0 Å². The molecule has 0 bridgehead atoms. The fourth-order valence-electron chi connectivity index (χ4n) is 5.33. The number of aliphatic hydroxyl groups is 1. The third kappa shape index (κ3) is 21.0. The second-order valence-corrected chi connectivity index (χ2v) is 11.9. The average Bonchev–Trinajstić information content (AvgIpc) is 2.90. The molecule has 0 amide bonds. The van der Waals surface area contributed by atoms with Crippen LogP contribution >= 0.6 is 11.6 Å². The van der Waals surface area contributed by atoms with Gasteiger partial charge in [-0.15, -0.1) is 0 Å². The van der Waals surface area contributed by atoms with E-state index in [0.717, 1.165) is 30.2 Å². The van der Waals surface area contributed by atoms with E-state index >= 15 is 0 Å². The lowest BCUT2D eigenvalue weighted by molar-refractivity contribution is 0.110. The smallest absolute Gasteiger partial charge is 0.0916 e. The molecule has 0 fully saturated rings. The molecule has 1 rings (SSSR count). The van der Waals surface area contributed by atoms with E-state index in [9.17, 15) is 5.11 Å². The first-order valence-corrected chi connectivity index (χ1v) is 16.7. The summed E-state index contributed by atoms with van der Waals surface area (Å²) < 4.78 is 0. The average molecular weight is 536 g/mol. The first kappa shape index (κ1) is 34.5. The van der Waals surface area contributed by atoms with Crippen LogP contribution < -0.4 is 0 Å². The predicted octanol–water partition coefficient (Wildman–Crippen LogP) is 11.3. The summed E-state index contributed by atoms with van der Waals surface area (Å²) in [5, 5.41) is 11.6. The number of rotatable bonds is 27. The highest BCUT2D eigenvalue weighted by atomic mass is 35.5. The maximum absolute atomic E-state index is 10.9. The molecule has 0 radical (unpaired) electrons. The highest BCUT2D eigenvalue weighted by Gasteiger charge is 2.13. The molecule has 1 N–H and O–H groups in total. The highest BCUT2D eigenvalue weighted by molar-refractivity contribution is 6.30. The first-order valence-electron chi connectivity index (χ1n) is 16.3. The Morgan fingerprint density at radius 1 is 0.541 bits per heavy atom. The Morgan fingerprint density at radius 3 is 1.22 bits per heavy atom. The van der Waals surface area contributed by atoms with Crippen LogP contribution in [0.1, 0.15) is 167 Å². The van der Waals surface area contributed by atoms with E-state index in [1.54, 1.807) is 0 Å². The fourth-order valence-corrected chi connectivity index (χ4v) is 5.45. The summed E-state index contributed by atoms with van der Waals surface area (Å²) in [6.45, 7) is 7.53. The second-order valence-electron chi connectivity index (χ2n) is 11.4. The minimum absolute atomic E-state index is 0.433. The molecular formula is C34H62ClNO. The summed E-state index contributed by atoms with van der Waals surface area (Å²) in [6, 6.07) is 7.71. The standard InChI is InChI=1S/C34H62ClNO/c1-3-5-7-9-11-13-15-17-19-21-23-29-36(31-34(37)32-25-27-33(35)28-26-32)30-24-22-20-18-16-14-12-10-8-6-4-2/h25-28,34,37H,3-24,29-31H2,1-2H3/t34-/m1/s1. The molecule has 0 saturated carbocycles. The number of nitrogens with zero attached hydrogens (tertiary/aromatic N) is 1. The molecule has 2 nitrogen and oxygen atoms in total. The van der Waals surface area contributed by atoms with Gasteiger partial charge in [0.05, 0.1) is 6.10 Å². The van der Waals surface area contributed by atoms with Gasteiger partial charge >= 0.3 is 0 Å². The molecule has 0 saturated heterocycles. The van der Waals surface area contributed by atoms with Crippen molar-refractivity contribution in [1.29, 1.82) is 0 Å². The van der Waals surface area contributed by atoms with Crippen LogP contribution in [0.25, 0.3) is 0 Å². The van der Waals surface area contributed by atoms with Gasteiger partial charge < -0.3 is 10.0 Å². The van der Waals surface area contributed by atoms with Gasteiger partial charge in [-0.3, -0.25) is 0 Å². The molecule has 0 heterocycles. The van der Waals surface area contributed by atoms with Crippen molar-refractivity contribution in [2.75, 3.05) is 19.6 Å². The Labute approximate surface area is 237 Å². The van der Waals surface area contributed by atoms with Crippen LogP contribution in [0.5, 0.6) is 0 Å². The number of unbranched alkanes of at least 4 members (excludes halogenated alkanes) is 20. The Morgan fingerprint density at radius 2 is 0.865 bits per heavy atom. The van der Waals surface area contributed by atoms with E-state index in [-0.39, 0.29) is 0 Å². The lowest BCUT2D eigenvalue weighted by Gasteiger charge is -2.25. The van der Waals surface area contributed by atoms with Gasteiger partial charge in [-0.1, -0.05) is 166 Å². The predicted molar refractivity (Wildman–Crippen MR) is 166 cm³/mol. The number of hydrogen-bond acceptors (Lipinski definition) is 2. The van der Waals surface area contributed by atoms with Gasteiger partial charge in [0.1, 0.15) is 0 Å². The number of hydrogen-bond donors (Lipinski definition) is 1. The second kappa shape index (κ2) is 25.7. The van der Waals surface area contributed by atoms with Crippen LogP contribution in [0.4, 0.5) is 0 Å². The maximum atomic E-state index is 10.9. The van der Waals surface area contributed by atoms with Crippen molar-refractivity contribution < 1.29 is 5.11 Å². The molecule has 0 spiro atoms. The number of benzene rings is 1. The van der Waals surface area contributed by atoms with Crippen molar-refractivity contribution in [3.8, 4) is 0 Å².